The minimum Gasteiger partial charge on any atom is -0.493 e. The van der Waals surface area contributed by atoms with Gasteiger partial charge >= 0.3 is 12.0 Å². The second-order valence-corrected chi connectivity index (χ2v) is 18.5. The molecule has 18 nitrogen and oxygen atoms in total. The molecule has 3 aromatic rings. The van der Waals surface area contributed by atoms with E-state index in [-0.39, 0.29) is 49.4 Å². The molecule has 2 saturated heterocycles. The van der Waals surface area contributed by atoms with Gasteiger partial charge < -0.3 is 64.1 Å². The molecule has 0 spiro atoms. The average Bonchev–Trinajstić information content (AvgIpc) is 4.06. The number of fused-ring (bicyclic) bond motifs is 1. The van der Waals surface area contributed by atoms with Crippen LogP contribution in [0.15, 0.2) is 53.1 Å². The first kappa shape index (κ1) is 55.2. The van der Waals surface area contributed by atoms with Crippen LogP contribution in [-0.4, -0.2) is 150 Å². The average molecular weight is 984 g/mol. The van der Waals surface area contributed by atoms with E-state index in [2.05, 4.69) is 64.5 Å². The van der Waals surface area contributed by atoms with Crippen molar-refractivity contribution in [3.8, 4) is 16.9 Å². The van der Waals surface area contributed by atoms with E-state index in [9.17, 15) is 19.2 Å². The number of thioether (sulfide) groups is 1. The Morgan fingerprint density at radius 1 is 0.797 bits per heavy atom. The third kappa shape index (κ3) is 18.8. The van der Waals surface area contributed by atoms with Crippen molar-refractivity contribution in [2.45, 2.75) is 101 Å². The van der Waals surface area contributed by atoms with Gasteiger partial charge in [0.1, 0.15) is 22.0 Å². The first-order chi connectivity index (χ1) is 33.6. The minimum atomic E-state index is -0.876. The maximum Gasteiger partial charge on any atom is 0.315 e. The summed E-state index contributed by atoms with van der Waals surface area (Å²) < 4.78 is 44.1. The van der Waals surface area contributed by atoms with E-state index in [0.717, 1.165) is 28.0 Å². The number of nitrogens with one attached hydrogen (secondary N) is 4. The molecule has 5 rings (SSSR count). The molecule has 4 atom stereocenters. The van der Waals surface area contributed by atoms with E-state index in [1.165, 1.54) is 11.8 Å². The fraction of sp³-hybridized carbons (Fsp3) is 0.620. The lowest BCUT2D eigenvalue weighted by Gasteiger charge is -2.32. The molecule has 382 valence electrons. The second kappa shape index (κ2) is 30.8. The van der Waals surface area contributed by atoms with Gasteiger partial charge in [0.25, 0.3) is 0 Å². The maximum atomic E-state index is 13.7. The van der Waals surface area contributed by atoms with Crippen LogP contribution in [0.3, 0.4) is 0 Å². The van der Waals surface area contributed by atoms with Gasteiger partial charge in [0, 0.05) is 44.7 Å². The fourth-order valence-corrected chi connectivity index (χ4v) is 9.94. The molecule has 4 amide bonds. The monoisotopic (exact) mass is 983 g/mol. The minimum absolute atomic E-state index is 0.0293. The lowest BCUT2D eigenvalue weighted by atomic mass is 9.88. The Balaban J connectivity index is 1.04. The van der Waals surface area contributed by atoms with Gasteiger partial charge in [0.15, 0.2) is 0 Å². The smallest absolute Gasteiger partial charge is 0.315 e. The van der Waals surface area contributed by atoms with Crippen molar-refractivity contribution >= 4 is 35.6 Å². The summed E-state index contributed by atoms with van der Waals surface area (Å²) in [5, 5.41) is 25.4. The zero-order chi connectivity index (χ0) is 49.1. The SMILES string of the molecule is COCCOCCOCCOCCOCCOCC(NC(=O)CCCCCNC(=O)[C@@]1(CCCCC(=O)O)SC[C@@H]2NC(=O)N[C@@H]21)c1cc(CCCOc2c(C)cc(-c3ccccc3)cc2C)on1. The van der Waals surface area contributed by atoms with Gasteiger partial charge in [-0.1, -0.05) is 48.3 Å². The molecule has 0 bridgehead atoms. The van der Waals surface area contributed by atoms with Crippen LogP contribution in [-0.2, 0) is 49.2 Å². The zero-order valence-corrected chi connectivity index (χ0v) is 41.3. The van der Waals surface area contributed by atoms with Crippen molar-refractivity contribution < 1.29 is 62.0 Å². The topological polar surface area (TPSA) is 227 Å². The van der Waals surface area contributed by atoms with Gasteiger partial charge in [-0.15, -0.1) is 11.8 Å². The van der Waals surface area contributed by atoms with E-state index < -0.39 is 16.8 Å². The number of benzene rings is 2. The lowest BCUT2D eigenvalue weighted by Crippen LogP contribution is -2.56. The number of rotatable bonds is 37. The number of methoxy groups -OCH3 is 1. The van der Waals surface area contributed by atoms with Gasteiger partial charge in [-0.2, -0.15) is 0 Å². The largest absolute Gasteiger partial charge is 0.493 e. The Labute approximate surface area is 410 Å². The maximum absolute atomic E-state index is 13.7. The Hall–Kier alpha value is -4.76. The van der Waals surface area contributed by atoms with Crippen LogP contribution < -0.4 is 26.0 Å². The molecular weight excluding hydrogens is 911 g/mol. The van der Waals surface area contributed by atoms with Crippen molar-refractivity contribution in [2.75, 3.05) is 98.7 Å². The van der Waals surface area contributed by atoms with Crippen LogP contribution in [0.4, 0.5) is 4.79 Å². The Morgan fingerprint density at radius 2 is 1.45 bits per heavy atom. The van der Waals surface area contributed by atoms with Crippen molar-refractivity contribution in [3.05, 3.63) is 71.1 Å². The Kier molecular flexibility index (Phi) is 24.6. The zero-order valence-electron chi connectivity index (χ0n) is 40.5. The van der Waals surface area contributed by atoms with Crippen LogP contribution in [0.25, 0.3) is 11.1 Å². The lowest BCUT2D eigenvalue weighted by molar-refractivity contribution is -0.137. The molecule has 0 aliphatic carbocycles. The van der Waals surface area contributed by atoms with Crippen molar-refractivity contribution in [1.82, 2.24) is 26.4 Å². The normalized spacial score (nSPS) is 17.8. The molecular formula is C50H73N5O13S. The van der Waals surface area contributed by atoms with Crippen molar-refractivity contribution in [1.29, 1.82) is 0 Å². The van der Waals surface area contributed by atoms with E-state index >= 15 is 0 Å². The van der Waals surface area contributed by atoms with Crippen LogP contribution in [0.5, 0.6) is 5.75 Å². The van der Waals surface area contributed by atoms with Crippen molar-refractivity contribution in [2.24, 2.45) is 0 Å². The third-order valence-electron chi connectivity index (χ3n) is 11.8. The first-order valence-electron chi connectivity index (χ1n) is 24.2. The van der Waals surface area contributed by atoms with Crippen molar-refractivity contribution in [3.63, 3.8) is 0 Å². The van der Waals surface area contributed by atoms with Crippen LogP contribution in [0.1, 0.15) is 86.4 Å². The molecule has 69 heavy (non-hydrogen) atoms. The summed E-state index contributed by atoms with van der Waals surface area (Å²) in [6.07, 6.45) is 4.99. The molecule has 0 saturated carbocycles. The summed E-state index contributed by atoms with van der Waals surface area (Å²) in [5.41, 5.74) is 5.02. The molecule has 19 heteroatoms. The van der Waals surface area contributed by atoms with E-state index in [0.29, 0.717) is 148 Å². The highest BCUT2D eigenvalue weighted by atomic mass is 32.2. The number of amides is 4. The summed E-state index contributed by atoms with van der Waals surface area (Å²) in [6, 6.07) is 15.0. The quantitative estimate of drug-likeness (QED) is 0.0344. The molecule has 2 aliphatic rings. The van der Waals surface area contributed by atoms with Gasteiger partial charge in [-0.05, 0) is 80.3 Å². The standard InChI is InChI=1S/C50H73N5O13S/c1-36-31-39(38-13-6-4-7-14-38)32-37(2)46(36)67-20-12-15-40-33-41(55-68-40)42(34-66-30-29-65-28-27-64-26-25-63-24-23-62-22-21-61-3)52-44(56)16-8-5-11-19-51-48(59)50(18-10-9-17-45(57)58)47-43(35-69-50)53-49(60)54-47/h4,6-7,13-14,31-33,42-43,47H,5,8-12,15-30,34-35H2,1-3H3,(H,51,59)(H,52,56)(H,57,58)(H2,53,54,60)/t42?,43-,47-,50-/m0/s1. The number of carbonyl (C=O) groups excluding carboxylic acids is 3. The number of aryl methyl sites for hydroxylation is 3. The number of urea groups is 1. The third-order valence-corrected chi connectivity index (χ3v) is 13.5. The van der Waals surface area contributed by atoms with Crippen LogP contribution in [0, 0.1) is 13.8 Å². The summed E-state index contributed by atoms with van der Waals surface area (Å²) in [7, 11) is 1.63. The Morgan fingerprint density at radius 3 is 2.12 bits per heavy atom. The number of aromatic nitrogens is 1. The van der Waals surface area contributed by atoms with Crippen LogP contribution >= 0.6 is 11.8 Å². The molecule has 1 unspecified atom stereocenters. The second-order valence-electron chi connectivity index (χ2n) is 17.2. The number of carbonyl (C=O) groups is 4. The number of hydrogen-bond donors (Lipinski definition) is 5. The molecule has 2 aliphatic heterocycles. The van der Waals surface area contributed by atoms with Gasteiger partial charge in [-0.25, -0.2) is 4.79 Å². The molecule has 3 heterocycles. The summed E-state index contributed by atoms with van der Waals surface area (Å²) in [6.45, 7) is 9.63. The molecule has 1 aromatic heterocycles. The Bertz CT molecular complexity index is 1980. The molecule has 5 N–H and O–H groups in total. The highest BCUT2D eigenvalue weighted by Crippen LogP contribution is 2.44. The number of carboxylic acids is 1. The van der Waals surface area contributed by atoms with Gasteiger partial charge in [0.2, 0.25) is 11.8 Å². The number of carboxylic acid groups (broad SMARTS) is 1. The first-order valence-corrected chi connectivity index (χ1v) is 25.2. The molecule has 0 radical (unpaired) electrons. The number of nitrogens with zero attached hydrogens (tertiary/aromatic N) is 1. The molecule has 2 fully saturated rings. The summed E-state index contributed by atoms with van der Waals surface area (Å²) >= 11 is 1.51. The summed E-state index contributed by atoms with van der Waals surface area (Å²) in [5.74, 6) is 0.955. The van der Waals surface area contributed by atoms with Gasteiger partial charge in [-0.3, -0.25) is 14.4 Å². The highest BCUT2D eigenvalue weighted by Gasteiger charge is 2.57. The highest BCUT2D eigenvalue weighted by molar-refractivity contribution is 8.01. The van der Waals surface area contributed by atoms with Gasteiger partial charge in [0.05, 0.1) is 97.4 Å². The molecule has 2 aromatic carbocycles. The van der Waals surface area contributed by atoms with E-state index in [4.69, 9.17) is 42.8 Å². The number of aliphatic carboxylic acids is 1. The van der Waals surface area contributed by atoms with E-state index in [1.807, 2.05) is 24.3 Å². The van der Waals surface area contributed by atoms with E-state index in [1.54, 1.807) is 7.11 Å². The van der Waals surface area contributed by atoms with Crippen LogP contribution in [0.2, 0.25) is 0 Å². The number of hydrogen-bond acceptors (Lipinski definition) is 14. The number of unbranched alkanes of at least 4 members (excludes halogenated alkanes) is 3. The fourth-order valence-electron chi connectivity index (χ4n) is 8.29. The predicted molar refractivity (Wildman–Crippen MR) is 261 cm³/mol. The predicted octanol–water partition coefficient (Wildman–Crippen LogP) is 5.71. The summed E-state index contributed by atoms with van der Waals surface area (Å²) in [4.78, 5) is 50.2. The number of ether oxygens (including phenoxy) is 7.